The van der Waals surface area contributed by atoms with Crippen molar-refractivity contribution in [3.63, 3.8) is 0 Å². The largest absolute Gasteiger partial charge is 0.481 e. The summed E-state index contributed by atoms with van der Waals surface area (Å²) in [6, 6.07) is 0. The van der Waals surface area contributed by atoms with Crippen LogP contribution in [0.15, 0.2) is 35.5 Å². The fourth-order valence-electron chi connectivity index (χ4n) is 14.8. The van der Waals surface area contributed by atoms with Crippen LogP contribution < -0.4 is 5.32 Å². The molecule has 0 aromatic heterocycles. The van der Waals surface area contributed by atoms with Crippen molar-refractivity contribution in [3.05, 3.63) is 35.5 Å². The molecule has 7 aliphatic rings. The molecule has 0 aromatic carbocycles. The minimum atomic E-state index is -3.25. The highest BCUT2D eigenvalue weighted by molar-refractivity contribution is 7.88. The van der Waals surface area contributed by atoms with Gasteiger partial charge in [-0.3, -0.25) is 9.59 Å². The predicted molar refractivity (Wildman–Crippen MR) is 212 cm³/mol. The number of nitrogens with zero attached hydrogens (tertiary/aromatic N) is 2. The molecule has 302 valence electrons. The zero-order valence-electron chi connectivity index (χ0n) is 34.2. The number of rotatable bonds is 8. The lowest BCUT2D eigenvalue weighted by Gasteiger charge is -2.72. The molecule has 8 nitrogen and oxygen atoms in total. The number of hydrogen-bond donors (Lipinski definition) is 2. The van der Waals surface area contributed by atoms with Gasteiger partial charge in [0.1, 0.15) is 6.67 Å². The van der Waals surface area contributed by atoms with Crippen molar-refractivity contribution in [1.82, 2.24) is 14.5 Å². The summed E-state index contributed by atoms with van der Waals surface area (Å²) in [5.41, 5.74) is 2.96. The smallest absolute Gasteiger partial charge is 0.312 e. The fourth-order valence-corrected chi connectivity index (χ4v) is 15.6. The Bertz CT molecular complexity index is 1730. The first-order valence-corrected chi connectivity index (χ1v) is 22.9. The van der Waals surface area contributed by atoms with Crippen molar-refractivity contribution >= 4 is 21.9 Å². The van der Waals surface area contributed by atoms with E-state index in [1.54, 1.807) is 0 Å². The zero-order chi connectivity index (χ0) is 39.3. The van der Waals surface area contributed by atoms with E-state index in [1.165, 1.54) is 53.0 Å². The predicted octanol–water partition coefficient (Wildman–Crippen LogP) is 7.78. The SMILES string of the molecule is C=C(C)[C@@H]1CC[C@]2(NCC(=O)N3CCN(S(C)(=O)=O)CC3)CC[C@]3(C)[C@H](CCC4[C@@]5(C)CC=C(C6=CC[C@](CF)(C(=O)O)CC6)C(C)(C)C5CC[C@]43C)C12. The lowest BCUT2D eigenvalue weighted by atomic mass is 9.33. The maximum atomic E-state index is 14.0. The first-order valence-electron chi connectivity index (χ1n) is 21.0. The summed E-state index contributed by atoms with van der Waals surface area (Å²) in [5.74, 6) is 1.57. The van der Waals surface area contributed by atoms with Gasteiger partial charge in [0, 0.05) is 31.7 Å². The Hall–Kier alpha value is -2.04. The van der Waals surface area contributed by atoms with Crippen molar-refractivity contribution < 1.29 is 27.5 Å². The van der Waals surface area contributed by atoms with Gasteiger partial charge in [-0.05, 0) is 146 Å². The quantitative estimate of drug-likeness (QED) is 0.245. The van der Waals surface area contributed by atoms with E-state index in [0.717, 1.165) is 32.1 Å². The number of aliphatic carboxylic acids is 1. The molecule has 0 radical (unpaired) electrons. The van der Waals surface area contributed by atoms with Crippen LogP contribution in [0.3, 0.4) is 0 Å². The third-order valence-electron chi connectivity index (χ3n) is 18.0. The van der Waals surface area contributed by atoms with E-state index >= 15 is 0 Å². The first kappa shape index (κ1) is 40.2. The number of carbonyl (C=O) groups is 2. The highest BCUT2D eigenvalue weighted by Gasteiger charge is 2.70. The van der Waals surface area contributed by atoms with Gasteiger partial charge in [0.15, 0.2) is 0 Å². The molecule has 4 saturated carbocycles. The third kappa shape index (κ3) is 5.94. The average Bonchev–Trinajstić information content (AvgIpc) is 3.51. The number of allylic oxidation sites excluding steroid dienone is 5. The fraction of sp³-hybridized carbons (Fsp3) is 0.818. The van der Waals surface area contributed by atoms with E-state index in [-0.39, 0.29) is 39.5 Å². The van der Waals surface area contributed by atoms with Gasteiger partial charge in [-0.2, -0.15) is 4.31 Å². The molecule has 1 saturated heterocycles. The van der Waals surface area contributed by atoms with Gasteiger partial charge < -0.3 is 15.3 Å². The van der Waals surface area contributed by atoms with Gasteiger partial charge in [0.05, 0.1) is 18.2 Å². The van der Waals surface area contributed by atoms with Crippen LogP contribution in [0.1, 0.15) is 119 Å². The van der Waals surface area contributed by atoms with Gasteiger partial charge in [-0.15, -0.1) is 0 Å². The molecule has 10 heteroatoms. The Morgan fingerprint density at radius 1 is 0.907 bits per heavy atom. The molecule has 7 rings (SSSR count). The third-order valence-corrected chi connectivity index (χ3v) is 19.3. The van der Waals surface area contributed by atoms with Crippen molar-refractivity contribution in [2.45, 2.75) is 124 Å². The van der Waals surface area contributed by atoms with Crippen LogP contribution >= 0.6 is 0 Å². The second-order valence-electron chi connectivity index (χ2n) is 20.4. The number of carbonyl (C=O) groups excluding carboxylic acids is 1. The Morgan fingerprint density at radius 2 is 1.61 bits per heavy atom. The molecular formula is C44H68FN3O5S. The van der Waals surface area contributed by atoms with E-state index in [2.05, 4.69) is 65.6 Å². The second-order valence-corrected chi connectivity index (χ2v) is 22.4. The monoisotopic (exact) mass is 769 g/mol. The van der Waals surface area contributed by atoms with Gasteiger partial charge in [-0.25, -0.2) is 12.8 Å². The number of hydrogen-bond acceptors (Lipinski definition) is 5. The Morgan fingerprint density at radius 3 is 2.20 bits per heavy atom. The molecule has 54 heavy (non-hydrogen) atoms. The minimum Gasteiger partial charge on any atom is -0.481 e. The Balaban J connectivity index is 1.12. The number of amides is 1. The number of piperazine rings is 1. The molecule has 10 atom stereocenters. The molecule has 0 aromatic rings. The van der Waals surface area contributed by atoms with Crippen LogP contribution in [-0.4, -0.2) is 85.8 Å². The zero-order valence-corrected chi connectivity index (χ0v) is 35.1. The highest BCUT2D eigenvalue weighted by atomic mass is 32.2. The van der Waals surface area contributed by atoms with Gasteiger partial charge in [0.2, 0.25) is 15.9 Å². The molecule has 1 amide bonds. The molecule has 5 fully saturated rings. The van der Waals surface area contributed by atoms with Crippen molar-refractivity contribution in [1.29, 1.82) is 0 Å². The summed E-state index contributed by atoms with van der Waals surface area (Å²) in [6.45, 7) is 20.6. The highest BCUT2D eigenvalue weighted by Crippen LogP contribution is 2.76. The Kier molecular flexibility index (Phi) is 10.1. The minimum absolute atomic E-state index is 0.0526. The number of halogens is 1. The summed E-state index contributed by atoms with van der Waals surface area (Å²) in [6.07, 6.45) is 17.3. The van der Waals surface area contributed by atoms with Crippen LogP contribution in [0.5, 0.6) is 0 Å². The van der Waals surface area contributed by atoms with E-state index in [0.29, 0.717) is 75.2 Å². The molecule has 1 aliphatic heterocycles. The van der Waals surface area contributed by atoms with Gasteiger partial charge in [-0.1, -0.05) is 58.9 Å². The summed E-state index contributed by atoms with van der Waals surface area (Å²) in [5, 5.41) is 13.8. The number of carboxylic acid groups (broad SMARTS) is 1. The van der Waals surface area contributed by atoms with Gasteiger partial charge in [0.25, 0.3) is 0 Å². The Labute approximate surface area is 324 Å². The molecule has 1 heterocycles. The molecule has 6 aliphatic carbocycles. The van der Waals surface area contributed by atoms with Crippen molar-refractivity contribution in [2.24, 2.45) is 56.7 Å². The van der Waals surface area contributed by atoms with Crippen LogP contribution in [0.2, 0.25) is 0 Å². The summed E-state index contributed by atoms with van der Waals surface area (Å²) < 4.78 is 39.6. The van der Waals surface area contributed by atoms with Crippen molar-refractivity contribution in [3.8, 4) is 0 Å². The van der Waals surface area contributed by atoms with Crippen LogP contribution in [0, 0.1) is 56.7 Å². The summed E-state index contributed by atoms with van der Waals surface area (Å²) in [4.78, 5) is 27.5. The lowest BCUT2D eigenvalue weighted by molar-refractivity contribution is -0.221. The molecule has 0 spiro atoms. The first-order chi connectivity index (χ1) is 25.2. The van der Waals surface area contributed by atoms with E-state index < -0.39 is 28.1 Å². The number of carboxylic acids is 1. The van der Waals surface area contributed by atoms with E-state index in [9.17, 15) is 27.5 Å². The summed E-state index contributed by atoms with van der Waals surface area (Å²) >= 11 is 0. The molecule has 3 unspecified atom stereocenters. The topological polar surface area (TPSA) is 107 Å². The molecular weight excluding hydrogens is 702 g/mol. The number of fused-ring (bicyclic) bond motifs is 7. The number of sulfonamides is 1. The normalized spacial score (nSPS) is 43.5. The second kappa shape index (κ2) is 13.5. The van der Waals surface area contributed by atoms with Crippen LogP contribution in [-0.2, 0) is 19.6 Å². The van der Waals surface area contributed by atoms with Crippen molar-refractivity contribution in [2.75, 3.05) is 45.7 Å². The van der Waals surface area contributed by atoms with Crippen LogP contribution in [0.25, 0.3) is 0 Å². The maximum absolute atomic E-state index is 14.0. The van der Waals surface area contributed by atoms with Crippen LogP contribution in [0.4, 0.5) is 4.39 Å². The average molecular weight is 770 g/mol. The maximum Gasteiger partial charge on any atom is 0.312 e. The standard InChI is InChI=1S/C44H68FN3O5S/c1-29(2)31-13-20-44(46-27-36(49)47-23-25-48(26-24-47)54(8,52)53)22-21-41(6)33(37(31)44)9-10-35-40(5)16-14-32(39(3,4)34(40)15-17-42(35,41)7)30-11-18-43(28-45,19-12-30)38(50)51/h11,14,31,33-35,37,46H,1,9-10,12-13,15-28H2,2-8H3,(H,50,51)/t31-,33+,34?,35?,37?,40-,41+,42+,43-,44-/m0/s1. The molecule has 2 N–H and O–H groups in total. The van der Waals surface area contributed by atoms with E-state index in [1.807, 2.05) is 4.90 Å². The lowest BCUT2D eigenvalue weighted by Crippen LogP contribution is -2.68. The van der Waals surface area contributed by atoms with Gasteiger partial charge >= 0.3 is 5.97 Å². The van der Waals surface area contributed by atoms with E-state index in [4.69, 9.17) is 0 Å². The number of nitrogens with one attached hydrogen (secondary N) is 1. The number of alkyl halides is 1. The molecule has 0 bridgehead atoms. The summed E-state index contributed by atoms with van der Waals surface area (Å²) in [7, 11) is -3.25.